The number of halogens is 1. The Morgan fingerprint density at radius 2 is 1.95 bits per heavy atom. The summed E-state index contributed by atoms with van der Waals surface area (Å²) in [5.41, 5.74) is 5.34. The van der Waals surface area contributed by atoms with Gasteiger partial charge in [0.05, 0.1) is 5.71 Å². The third kappa shape index (κ3) is 4.02. The molecule has 0 atom stereocenters. The number of nitrogens with zero attached hydrogens (tertiary/aromatic N) is 1. The molecule has 3 N–H and O–H groups in total. The predicted molar refractivity (Wildman–Crippen MR) is 90.8 cm³/mol. The molecule has 0 fully saturated rings. The first kappa shape index (κ1) is 15.9. The number of benzene rings is 2. The van der Waals surface area contributed by atoms with Crippen LogP contribution in [-0.4, -0.2) is 15.9 Å². The van der Waals surface area contributed by atoms with Gasteiger partial charge >= 0.3 is 0 Å². The summed E-state index contributed by atoms with van der Waals surface area (Å²) >= 11 is 5.16. The molecule has 0 aromatic heterocycles. The van der Waals surface area contributed by atoms with Gasteiger partial charge in [0.15, 0.2) is 5.11 Å². The topological polar surface area (TPSA) is 56.7 Å². The molecule has 0 saturated heterocycles. The van der Waals surface area contributed by atoms with Gasteiger partial charge in [-0.3, -0.25) is 5.43 Å². The number of hydrogen-bond acceptors (Lipinski definition) is 3. The van der Waals surface area contributed by atoms with Gasteiger partial charge in [-0.1, -0.05) is 18.2 Å². The highest BCUT2D eigenvalue weighted by molar-refractivity contribution is 7.80. The summed E-state index contributed by atoms with van der Waals surface area (Å²) in [6.45, 7) is 3.61. The van der Waals surface area contributed by atoms with E-state index in [2.05, 4.69) is 15.8 Å². The maximum atomic E-state index is 13.2. The molecule has 0 heterocycles. The number of thiocarbonyl (C=S) groups is 1. The van der Waals surface area contributed by atoms with Crippen molar-refractivity contribution in [3.8, 4) is 5.75 Å². The quantitative estimate of drug-likeness (QED) is 0.460. The van der Waals surface area contributed by atoms with Crippen molar-refractivity contribution in [3.05, 3.63) is 59.4 Å². The Balaban J connectivity index is 2.06. The smallest absolute Gasteiger partial charge is 0.191 e. The number of rotatable bonds is 3. The Bertz CT molecular complexity index is 731. The minimum Gasteiger partial charge on any atom is -0.507 e. The maximum Gasteiger partial charge on any atom is 0.191 e. The van der Waals surface area contributed by atoms with Gasteiger partial charge in [-0.15, -0.1) is 0 Å². The second-order valence-electron chi connectivity index (χ2n) is 4.74. The van der Waals surface area contributed by atoms with Gasteiger partial charge in [0.2, 0.25) is 0 Å². The zero-order chi connectivity index (χ0) is 16.1. The highest BCUT2D eigenvalue weighted by atomic mass is 32.1. The van der Waals surface area contributed by atoms with Crippen molar-refractivity contribution in [2.45, 2.75) is 13.8 Å². The van der Waals surface area contributed by atoms with E-state index < -0.39 is 5.82 Å². The van der Waals surface area contributed by atoms with Crippen molar-refractivity contribution in [2.24, 2.45) is 5.10 Å². The van der Waals surface area contributed by atoms with Crippen molar-refractivity contribution in [3.63, 3.8) is 0 Å². The highest BCUT2D eigenvalue weighted by Crippen LogP contribution is 2.18. The van der Waals surface area contributed by atoms with Crippen LogP contribution in [0.4, 0.5) is 10.1 Å². The molecule has 2 aromatic rings. The van der Waals surface area contributed by atoms with Gasteiger partial charge < -0.3 is 10.4 Å². The standard InChI is InChI=1S/C16H16FN3OS/c1-10-5-3-4-6-14(10)18-16(22)20-19-11(2)13-9-12(17)7-8-15(13)21/h3-9,21H,1-2H3,(H2,18,20,22)/b19-11+. The van der Waals surface area contributed by atoms with Gasteiger partial charge in [0, 0.05) is 11.3 Å². The molecular formula is C16H16FN3OS. The minimum absolute atomic E-state index is 0.0396. The third-order valence-corrected chi connectivity index (χ3v) is 3.26. The zero-order valence-electron chi connectivity index (χ0n) is 12.2. The Labute approximate surface area is 133 Å². The highest BCUT2D eigenvalue weighted by Gasteiger charge is 2.07. The van der Waals surface area contributed by atoms with Crippen LogP contribution >= 0.6 is 12.2 Å². The third-order valence-electron chi connectivity index (χ3n) is 3.07. The molecule has 22 heavy (non-hydrogen) atoms. The molecule has 4 nitrogen and oxygen atoms in total. The fraction of sp³-hybridized carbons (Fsp3) is 0.125. The Kier molecular flexibility index (Phi) is 5.06. The molecule has 114 valence electrons. The first-order valence-corrected chi connectivity index (χ1v) is 7.04. The van der Waals surface area contributed by atoms with Crippen molar-refractivity contribution < 1.29 is 9.50 Å². The Morgan fingerprint density at radius 1 is 1.23 bits per heavy atom. The predicted octanol–water partition coefficient (Wildman–Crippen LogP) is 3.55. The monoisotopic (exact) mass is 317 g/mol. The number of phenols is 1. The first-order valence-electron chi connectivity index (χ1n) is 6.63. The van der Waals surface area contributed by atoms with Crippen LogP contribution in [0.3, 0.4) is 0 Å². The average molecular weight is 317 g/mol. The van der Waals surface area contributed by atoms with Crippen LogP contribution in [0.25, 0.3) is 0 Å². The molecule has 0 radical (unpaired) electrons. The molecule has 2 aromatic carbocycles. The number of hydrogen-bond donors (Lipinski definition) is 3. The second kappa shape index (κ2) is 7.00. The van der Waals surface area contributed by atoms with E-state index in [1.54, 1.807) is 6.92 Å². The van der Waals surface area contributed by atoms with Gasteiger partial charge in [0.25, 0.3) is 0 Å². The lowest BCUT2D eigenvalue weighted by Crippen LogP contribution is -2.25. The van der Waals surface area contributed by atoms with E-state index in [1.165, 1.54) is 18.2 Å². The van der Waals surface area contributed by atoms with Crippen LogP contribution in [0.5, 0.6) is 5.75 Å². The number of aryl methyl sites for hydroxylation is 1. The van der Waals surface area contributed by atoms with Crippen LogP contribution in [0.1, 0.15) is 18.1 Å². The van der Waals surface area contributed by atoms with Crippen LogP contribution in [0, 0.1) is 12.7 Å². The van der Waals surface area contributed by atoms with Crippen LogP contribution < -0.4 is 10.7 Å². The normalized spacial score (nSPS) is 11.1. The molecule has 0 amide bonds. The van der Waals surface area contributed by atoms with Crippen LogP contribution in [0.15, 0.2) is 47.6 Å². The van der Waals surface area contributed by atoms with Crippen molar-refractivity contribution in [1.29, 1.82) is 0 Å². The molecule has 2 rings (SSSR count). The van der Waals surface area contributed by atoms with Crippen LogP contribution in [0.2, 0.25) is 0 Å². The molecule has 0 bridgehead atoms. The van der Waals surface area contributed by atoms with E-state index in [4.69, 9.17) is 12.2 Å². The number of nitrogens with one attached hydrogen (secondary N) is 2. The van der Waals surface area contributed by atoms with Gasteiger partial charge in [-0.05, 0) is 55.9 Å². The van der Waals surface area contributed by atoms with Crippen LogP contribution in [-0.2, 0) is 0 Å². The van der Waals surface area contributed by atoms with Gasteiger partial charge in [-0.25, -0.2) is 4.39 Å². The van der Waals surface area contributed by atoms with Gasteiger partial charge in [-0.2, -0.15) is 5.10 Å². The molecule has 0 aliphatic carbocycles. The lowest BCUT2D eigenvalue weighted by atomic mass is 10.1. The zero-order valence-corrected chi connectivity index (χ0v) is 13.0. The van der Waals surface area contributed by atoms with E-state index in [0.717, 1.165) is 11.3 Å². The van der Waals surface area contributed by atoms with Crippen molar-refractivity contribution in [2.75, 3.05) is 5.32 Å². The number of phenolic OH excluding ortho intramolecular Hbond substituents is 1. The molecule has 0 unspecified atom stereocenters. The molecule has 0 aliphatic rings. The largest absolute Gasteiger partial charge is 0.507 e. The first-order chi connectivity index (χ1) is 10.5. The average Bonchev–Trinajstić information content (AvgIpc) is 2.49. The van der Waals surface area contributed by atoms with E-state index in [0.29, 0.717) is 16.4 Å². The number of para-hydroxylation sites is 1. The molecule has 0 spiro atoms. The van der Waals surface area contributed by atoms with E-state index >= 15 is 0 Å². The summed E-state index contributed by atoms with van der Waals surface area (Å²) in [6, 6.07) is 11.4. The fourth-order valence-electron chi connectivity index (χ4n) is 1.86. The van der Waals surface area contributed by atoms with E-state index in [9.17, 15) is 9.50 Å². The molecule has 6 heteroatoms. The summed E-state index contributed by atoms with van der Waals surface area (Å²) in [4.78, 5) is 0. The SMILES string of the molecule is C/C(=N\NC(=S)Nc1ccccc1C)c1cc(F)ccc1O. The molecule has 0 saturated carbocycles. The Hall–Kier alpha value is -2.47. The lowest BCUT2D eigenvalue weighted by molar-refractivity contribution is 0.472. The summed E-state index contributed by atoms with van der Waals surface area (Å²) in [7, 11) is 0. The number of aromatic hydroxyl groups is 1. The lowest BCUT2D eigenvalue weighted by Gasteiger charge is -2.10. The molecule has 0 aliphatic heterocycles. The summed E-state index contributed by atoms with van der Waals surface area (Å²) in [5, 5.41) is 17.1. The fourth-order valence-corrected chi connectivity index (χ4v) is 2.01. The number of hydrazone groups is 1. The Morgan fingerprint density at radius 3 is 2.68 bits per heavy atom. The van der Waals surface area contributed by atoms with Crippen molar-refractivity contribution >= 4 is 28.7 Å². The number of anilines is 1. The summed E-state index contributed by atoms with van der Waals surface area (Å²) in [5.74, 6) is -0.481. The molecular weight excluding hydrogens is 301 g/mol. The van der Waals surface area contributed by atoms with Gasteiger partial charge in [0.1, 0.15) is 11.6 Å². The van der Waals surface area contributed by atoms with Crippen molar-refractivity contribution in [1.82, 2.24) is 5.43 Å². The summed E-state index contributed by atoms with van der Waals surface area (Å²) < 4.78 is 13.2. The maximum absolute atomic E-state index is 13.2. The van der Waals surface area contributed by atoms with E-state index in [1.807, 2.05) is 31.2 Å². The van der Waals surface area contributed by atoms with E-state index in [-0.39, 0.29) is 5.75 Å². The summed E-state index contributed by atoms with van der Waals surface area (Å²) in [6.07, 6.45) is 0. The second-order valence-corrected chi connectivity index (χ2v) is 5.15. The minimum atomic E-state index is -0.442.